The Balaban J connectivity index is 2.07. The minimum Gasteiger partial charge on any atom is -0.477 e. The Labute approximate surface area is 143 Å². The molecule has 0 aliphatic heterocycles. The van der Waals surface area contributed by atoms with Crippen molar-refractivity contribution in [2.75, 3.05) is 25.0 Å². The molecule has 0 radical (unpaired) electrons. The number of nitrogens with one attached hydrogen (secondary N) is 1. The van der Waals surface area contributed by atoms with Crippen molar-refractivity contribution in [2.45, 2.75) is 26.3 Å². The maximum atomic E-state index is 11.0. The second-order valence-electron chi connectivity index (χ2n) is 5.66. The highest BCUT2D eigenvalue weighted by Gasteiger charge is 2.16. The molecule has 0 fully saturated rings. The minimum absolute atomic E-state index is 0.0578. The van der Waals surface area contributed by atoms with Crippen LogP contribution in [-0.2, 0) is 6.42 Å². The van der Waals surface area contributed by atoms with Crippen molar-refractivity contribution in [3.05, 3.63) is 59.8 Å². The maximum absolute atomic E-state index is 11.0. The predicted molar refractivity (Wildman–Crippen MR) is 96.5 cm³/mol. The van der Waals surface area contributed by atoms with Crippen molar-refractivity contribution in [3.63, 3.8) is 0 Å². The zero-order valence-electron chi connectivity index (χ0n) is 14.3. The molecule has 1 aromatic carbocycles. The van der Waals surface area contributed by atoms with Crippen molar-refractivity contribution in [3.8, 4) is 0 Å². The molecule has 1 unspecified atom stereocenters. The van der Waals surface area contributed by atoms with E-state index in [4.69, 9.17) is 5.11 Å². The van der Waals surface area contributed by atoms with Gasteiger partial charge in [0.2, 0.25) is 0 Å². The number of anilines is 1. The number of nitrogens with zero attached hydrogens (tertiary/aromatic N) is 2. The predicted octanol–water partition coefficient (Wildman–Crippen LogP) is 3.14. The Morgan fingerprint density at radius 2 is 1.83 bits per heavy atom. The summed E-state index contributed by atoms with van der Waals surface area (Å²) in [5.74, 6) is -0.414. The van der Waals surface area contributed by atoms with Gasteiger partial charge in [-0.2, -0.15) is 0 Å². The lowest BCUT2D eigenvalue weighted by molar-refractivity contribution is 0.0690. The summed E-state index contributed by atoms with van der Waals surface area (Å²) in [5, 5.41) is 12.3. The van der Waals surface area contributed by atoms with Crippen LogP contribution in [0.5, 0.6) is 0 Å². The third-order valence-electron chi connectivity index (χ3n) is 4.13. The molecule has 1 aromatic heterocycles. The third kappa shape index (κ3) is 5.06. The first-order chi connectivity index (χ1) is 11.6. The van der Waals surface area contributed by atoms with Gasteiger partial charge in [0, 0.05) is 12.6 Å². The van der Waals surface area contributed by atoms with E-state index >= 15 is 0 Å². The Morgan fingerprint density at radius 3 is 2.46 bits per heavy atom. The highest BCUT2D eigenvalue weighted by Crippen LogP contribution is 2.11. The molecule has 2 N–H and O–H groups in total. The number of aromatic carboxylic acids is 1. The van der Waals surface area contributed by atoms with Gasteiger partial charge in [0.25, 0.3) is 0 Å². The van der Waals surface area contributed by atoms with Crippen LogP contribution in [0.3, 0.4) is 0 Å². The van der Waals surface area contributed by atoms with E-state index in [0.29, 0.717) is 18.4 Å². The number of aromatic nitrogens is 1. The van der Waals surface area contributed by atoms with E-state index in [-0.39, 0.29) is 5.69 Å². The number of hydrogen-bond donors (Lipinski definition) is 2. The van der Waals surface area contributed by atoms with Gasteiger partial charge in [-0.15, -0.1) is 0 Å². The SMILES string of the molecule is CCN(CC)C(CNc1cccc(C(=O)O)n1)Cc1ccccc1. The summed E-state index contributed by atoms with van der Waals surface area (Å²) in [6.45, 7) is 6.97. The van der Waals surface area contributed by atoms with Crippen LogP contribution in [0.25, 0.3) is 0 Å². The Hall–Kier alpha value is -2.40. The molecule has 0 bridgehead atoms. The van der Waals surface area contributed by atoms with Crippen LogP contribution in [0.1, 0.15) is 29.9 Å². The van der Waals surface area contributed by atoms with Crippen LogP contribution >= 0.6 is 0 Å². The van der Waals surface area contributed by atoms with Crippen LogP contribution < -0.4 is 5.32 Å². The quantitative estimate of drug-likeness (QED) is 0.741. The molecule has 128 valence electrons. The fraction of sp³-hybridized carbons (Fsp3) is 0.368. The third-order valence-corrected chi connectivity index (χ3v) is 4.13. The second kappa shape index (κ2) is 9.03. The number of likely N-dealkylation sites (N-methyl/N-ethyl adjacent to an activating group) is 1. The molecule has 1 atom stereocenters. The van der Waals surface area contributed by atoms with Crippen LogP contribution in [-0.4, -0.2) is 46.6 Å². The lowest BCUT2D eigenvalue weighted by atomic mass is 10.0. The van der Waals surface area contributed by atoms with E-state index in [0.717, 1.165) is 19.5 Å². The summed E-state index contributed by atoms with van der Waals surface area (Å²) >= 11 is 0. The number of carboxylic acids is 1. The van der Waals surface area contributed by atoms with Crippen molar-refractivity contribution in [1.82, 2.24) is 9.88 Å². The van der Waals surface area contributed by atoms with Crippen molar-refractivity contribution < 1.29 is 9.90 Å². The highest BCUT2D eigenvalue weighted by molar-refractivity contribution is 5.85. The standard InChI is InChI=1S/C19H25N3O2/c1-3-22(4-2)16(13-15-9-6-5-7-10-15)14-20-18-12-8-11-17(21-18)19(23)24/h5-12,16H,3-4,13-14H2,1-2H3,(H,20,21)(H,23,24). The van der Waals surface area contributed by atoms with Crippen molar-refractivity contribution in [2.24, 2.45) is 0 Å². The monoisotopic (exact) mass is 327 g/mol. The van der Waals surface area contributed by atoms with Crippen LogP contribution in [0.15, 0.2) is 48.5 Å². The van der Waals surface area contributed by atoms with Crippen molar-refractivity contribution >= 4 is 11.8 Å². The number of carbonyl (C=O) groups is 1. The maximum Gasteiger partial charge on any atom is 0.354 e. The zero-order chi connectivity index (χ0) is 17.4. The topological polar surface area (TPSA) is 65.5 Å². The smallest absolute Gasteiger partial charge is 0.354 e. The molecule has 0 spiro atoms. The van der Waals surface area contributed by atoms with E-state index in [1.165, 1.54) is 11.6 Å². The molecule has 0 aliphatic carbocycles. The van der Waals surface area contributed by atoms with Gasteiger partial charge >= 0.3 is 5.97 Å². The minimum atomic E-state index is -1.01. The van der Waals surface area contributed by atoms with E-state index in [9.17, 15) is 4.79 Å². The molecule has 5 nitrogen and oxygen atoms in total. The Bertz CT molecular complexity index is 642. The molecule has 5 heteroatoms. The van der Waals surface area contributed by atoms with E-state index in [2.05, 4.69) is 53.3 Å². The summed E-state index contributed by atoms with van der Waals surface area (Å²) in [5.41, 5.74) is 1.35. The van der Waals surface area contributed by atoms with Gasteiger partial charge in [-0.1, -0.05) is 50.2 Å². The Kier molecular flexibility index (Phi) is 6.75. The van der Waals surface area contributed by atoms with Crippen LogP contribution in [0.2, 0.25) is 0 Å². The molecule has 0 aliphatic rings. The molecule has 0 amide bonds. The molecule has 0 saturated heterocycles. The molecule has 0 saturated carbocycles. The first-order valence-electron chi connectivity index (χ1n) is 8.36. The number of benzene rings is 1. The van der Waals surface area contributed by atoms with E-state index in [1.807, 2.05) is 6.07 Å². The first kappa shape index (κ1) is 17.9. The Morgan fingerprint density at radius 1 is 1.12 bits per heavy atom. The summed E-state index contributed by atoms with van der Waals surface area (Å²) in [6, 6.07) is 15.7. The average molecular weight is 327 g/mol. The molecule has 24 heavy (non-hydrogen) atoms. The van der Waals surface area contributed by atoms with Crippen LogP contribution in [0, 0.1) is 0 Å². The first-order valence-corrected chi connectivity index (χ1v) is 8.36. The number of pyridine rings is 1. The second-order valence-corrected chi connectivity index (χ2v) is 5.66. The van der Waals surface area contributed by atoms with Gasteiger partial charge in [-0.3, -0.25) is 4.90 Å². The van der Waals surface area contributed by atoms with Gasteiger partial charge < -0.3 is 10.4 Å². The summed E-state index contributed by atoms with van der Waals surface area (Å²) in [6.07, 6.45) is 0.939. The number of rotatable bonds is 9. The zero-order valence-corrected chi connectivity index (χ0v) is 14.3. The fourth-order valence-corrected chi connectivity index (χ4v) is 2.83. The molecule has 2 rings (SSSR count). The fourth-order valence-electron chi connectivity index (χ4n) is 2.83. The highest BCUT2D eigenvalue weighted by atomic mass is 16.4. The van der Waals surface area contributed by atoms with Gasteiger partial charge in [0.05, 0.1) is 0 Å². The largest absolute Gasteiger partial charge is 0.477 e. The summed E-state index contributed by atoms with van der Waals surface area (Å²) in [4.78, 5) is 17.6. The molecular formula is C19H25N3O2. The molecular weight excluding hydrogens is 302 g/mol. The number of hydrogen-bond acceptors (Lipinski definition) is 4. The van der Waals surface area contributed by atoms with E-state index in [1.54, 1.807) is 12.1 Å². The normalized spacial score (nSPS) is 12.1. The average Bonchev–Trinajstić information content (AvgIpc) is 2.61. The summed E-state index contributed by atoms with van der Waals surface area (Å²) in [7, 11) is 0. The lowest BCUT2D eigenvalue weighted by Gasteiger charge is -2.30. The number of carboxylic acid groups (broad SMARTS) is 1. The van der Waals surface area contributed by atoms with Gasteiger partial charge in [0.15, 0.2) is 5.69 Å². The molecule has 2 aromatic rings. The van der Waals surface area contributed by atoms with Crippen molar-refractivity contribution in [1.29, 1.82) is 0 Å². The lowest BCUT2D eigenvalue weighted by Crippen LogP contribution is -2.41. The van der Waals surface area contributed by atoms with E-state index < -0.39 is 5.97 Å². The van der Waals surface area contributed by atoms with Gasteiger partial charge in [-0.05, 0) is 37.2 Å². The van der Waals surface area contributed by atoms with Gasteiger partial charge in [0.1, 0.15) is 5.82 Å². The van der Waals surface area contributed by atoms with Crippen LogP contribution in [0.4, 0.5) is 5.82 Å². The molecule has 1 heterocycles. The van der Waals surface area contributed by atoms with Gasteiger partial charge in [-0.25, -0.2) is 9.78 Å². The summed E-state index contributed by atoms with van der Waals surface area (Å²) < 4.78 is 0.